The zero-order valence-corrected chi connectivity index (χ0v) is 16.4. The van der Waals surface area contributed by atoms with E-state index in [1.54, 1.807) is 0 Å². The molecule has 25 heavy (non-hydrogen) atoms. The molecule has 0 aliphatic rings. The Balaban J connectivity index is 1.81. The lowest BCUT2D eigenvalue weighted by Gasteiger charge is -2.24. The molecule has 0 heterocycles. The second-order valence-electron chi connectivity index (χ2n) is 7.17. The molecule has 0 radical (unpaired) electrons. The lowest BCUT2D eigenvalue weighted by molar-refractivity contribution is 0.252. The molecule has 0 saturated heterocycles. The molecule has 2 aromatic carbocycles. The monoisotopic (exact) mass is 356 g/mol. The molecule has 0 spiro atoms. The number of nitrogens with one attached hydrogen (secondary N) is 2. The van der Waals surface area contributed by atoms with Gasteiger partial charge in [-0.25, -0.2) is 4.79 Å². The van der Waals surface area contributed by atoms with Gasteiger partial charge in [0.05, 0.1) is 0 Å². The fraction of sp³-hybridized carbons (Fsp3) is 0.381. The average molecular weight is 357 g/mol. The number of carbonyl (C=O) groups is 1. The molecule has 0 aromatic heterocycles. The van der Waals surface area contributed by atoms with E-state index in [-0.39, 0.29) is 11.4 Å². The van der Waals surface area contributed by atoms with Gasteiger partial charge in [0.15, 0.2) is 0 Å². The van der Waals surface area contributed by atoms with E-state index in [9.17, 15) is 4.79 Å². The smallest absolute Gasteiger partial charge is 0.319 e. The maximum absolute atomic E-state index is 12.2. The topological polar surface area (TPSA) is 41.1 Å². The summed E-state index contributed by atoms with van der Waals surface area (Å²) in [4.78, 5) is 12.2. The number of aryl methyl sites for hydroxylation is 1. The normalized spacial score (nSPS) is 11.2. The third-order valence-corrected chi connectivity index (χ3v) is 4.99. The first kappa shape index (κ1) is 19.4. The molecule has 2 rings (SSSR count). The highest BCUT2D eigenvalue weighted by Gasteiger charge is 2.20. The summed E-state index contributed by atoms with van der Waals surface area (Å²) in [6, 6.07) is 16.4. The number of thioether (sulfide) groups is 1. The van der Waals surface area contributed by atoms with Crippen molar-refractivity contribution in [3.05, 3.63) is 65.2 Å². The molecule has 2 amide bonds. The van der Waals surface area contributed by atoms with Crippen molar-refractivity contribution >= 4 is 23.5 Å². The summed E-state index contributed by atoms with van der Waals surface area (Å²) >= 11 is 1.82. The van der Waals surface area contributed by atoms with E-state index in [1.807, 2.05) is 36.9 Å². The lowest BCUT2D eigenvalue weighted by Crippen LogP contribution is -2.32. The minimum atomic E-state index is -0.139. The van der Waals surface area contributed by atoms with Crippen LogP contribution in [0, 0.1) is 6.92 Å². The SMILES string of the molecule is Cc1cccc(C(C)(C)C)c1NC(=O)NCCSCc1ccccc1. The Morgan fingerprint density at radius 3 is 2.44 bits per heavy atom. The van der Waals surface area contributed by atoms with E-state index in [4.69, 9.17) is 0 Å². The molecular formula is C21H28N2OS. The molecule has 134 valence electrons. The minimum Gasteiger partial charge on any atom is -0.337 e. The summed E-state index contributed by atoms with van der Waals surface area (Å²) in [5, 5.41) is 5.99. The van der Waals surface area contributed by atoms with E-state index in [2.05, 4.69) is 61.7 Å². The van der Waals surface area contributed by atoms with Gasteiger partial charge in [0, 0.05) is 23.7 Å². The van der Waals surface area contributed by atoms with Crippen LogP contribution in [0.2, 0.25) is 0 Å². The number of rotatable bonds is 6. The third kappa shape index (κ3) is 6.13. The van der Waals surface area contributed by atoms with Crippen LogP contribution in [-0.2, 0) is 11.2 Å². The summed E-state index contributed by atoms with van der Waals surface area (Å²) < 4.78 is 0. The van der Waals surface area contributed by atoms with Crippen molar-refractivity contribution in [1.82, 2.24) is 5.32 Å². The highest BCUT2D eigenvalue weighted by molar-refractivity contribution is 7.98. The first-order valence-corrected chi connectivity index (χ1v) is 9.80. The fourth-order valence-electron chi connectivity index (χ4n) is 2.62. The van der Waals surface area contributed by atoms with E-state index < -0.39 is 0 Å². The molecule has 2 aromatic rings. The van der Waals surface area contributed by atoms with Gasteiger partial charge < -0.3 is 10.6 Å². The summed E-state index contributed by atoms with van der Waals surface area (Å²) in [5.74, 6) is 1.86. The van der Waals surface area contributed by atoms with E-state index in [0.717, 1.165) is 28.3 Å². The molecule has 0 unspecified atom stereocenters. The van der Waals surface area contributed by atoms with Crippen LogP contribution >= 0.6 is 11.8 Å². The highest BCUT2D eigenvalue weighted by Crippen LogP contribution is 2.31. The maximum Gasteiger partial charge on any atom is 0.319 e. The second-order valence-corrected chi connectivity index (χ2v) is 8.27. The Morgan fingerprint density at radius 2 is 1.76 bits per heavy atom. The van der Waals surface area contributed by atoms with Gasteiger partial charge in [-0.2, -0.15) is 11.8 Å². The molecule has 0 bridgehead atoms. The predicted molar refractivity (Wildman–Crippen MR) is 110 cm³/mol. The third-order valence-electron chi connectivity index (χ3n) is 3.96. The Kier molecular flexibility index (Phi) is 6.94. The van der Waals surface area contributed by atoms with E-state index >= 15 is 0 Å². The number of benzene rings is 2. The van der Waals surface area contributed by atoms with Gasteiger partial charge in [0.1, 0.15) is 0 Å². The maximum atomic E-state index is 12.2. The zero-order chi connectivity index (χ0) is 18.3. The van der Waals surface area contributed by atoms with Crippen LogP contribution in [-0.4, -0.2) is 18.3 Å². The van der Waals surface area contributed by atoms with Gasteiger partial charge in [0.2, 0.25) is 0 Å². The van der Waals surface area contributed by atoms with Gasteiger partial charge in [-0.3, -0.25) is 0 Å². The standard InChI is InChI=1S/C21H28N2OS/c1-16-9-8-12-18(21(2,3)4)19(16)23-20(24)22-13-14-25-15-17-10-6-5-7-11-17/h5-12H,13-15H2,1-4H3,(H2,22,23,24). The van der Waals surface area contributed by atoms with Gasteiger partial charge in [-0.15, -0.1) is 0 Å². The summed E-state index contributed by atoms with van der Waals surface area (Å²) in [7, 11) is 0. The average Bonchev–Trinajstić information content (AvgIpc) is 2.56. The van der Waals surface area contributed by atoms with Gasteiger partial charge in [-0.05, 0) is 29.0 Å². The van der Waals surface area contributed by atoms with Crippen molar-refractivity contribution in [3.63, 3.8) is 0 Å². The first-order chi connectivity index (χ1) is 11.9. The van der Waals surface area contributed by atoms with Crippen LogP contribution in [0.1, 0.15) is 37.5 Å². The van der Waals surface area contributed by atoms with Crippen molar-refractivity contribution < 1.29 is 4.79 Å². The Hall–Kier alpha value is -1.94. The molecule has 2 N–H and O–H groups in total. The van der Waals surface area contributed by atoms with Gasteiger partial charge in [-0.1, -0.05) is 69.3 Å². The number of anilines is 1. The molecule has 0 fully saturated rings. The van der Waals surface area contributed by atoms with Crippen LogP contribution < -0.4 is 10.6 Å². The van der Waals surface area contributed by atoms with E-state index in [1.165, 1.54) is 5.56 Å². The van der Waals surface area contributed by atoms with Crippen LogP contribution in [0.3, 0.4) is 0 Å². The van der Waals surface area contributed by atoms with Crippen molar-refractivity contribution in [2.24, 2.45) is 0 Å². The van der Waals surface area contributed by atoms with Crippen molar-refractivity contribution in [2.45, 2.75) is 38.9 Å². The quantitative estimate of drug-likeness (QED) is 0.685. The fourth-order valence-corrected chi connectivity index (χ4v) is 3.44. The number of amides is 2. The number of hydrogen-bond acceptors (Lipinski definition) is 2. The zero-order valence-electron chi connectivity index (χ0n) is 15.6. The molecule has 0 saturated carbocycles. The largest absolute Gasteiger partial charge is 0.337 e. The minimum absolute atomic E-state index is 0.0137. The van der Waals surface area contributed by atoms with Gasteiger partial charge >= 0.3 is 6.03 Å². The summed E-state index contributed by atoms with van der Waals surface area (Å²) in [6.45, 7) is 9.15. The summed E-state index contributed by atoms with van der Waals surface area (Å²) in [6.07, 6.45) is 0. The number of hydrogen-bond donors (Lipinski definition) is 2. The molecule has 3 nitrogen and oxygen atoms in total. The molecule has 0 atom stereocenters. The van der Waals surface area contributed by atoms with Crippen LogP contribution in [0.5, 0.6) is 0 Å². The Bertz CT molecular complexity index is 693. The predicted octanol–water partition coefficient (Wildman–Crippen LogP) is 5.35. The molecular weight excluding hydrogens is 328 g/mol. The Morgan fingerprint density at radius 1 is 1.04 bits per heavy atom. The number of para-hydroxylation sites is 1. The number of carbonyl (C=O) groups excluding carboxylic acids is 1. The second kappa shape index (κ2) is 8.95. The van der Waals surface area contributed by atoms with E-state index in [0.29, 0.717) is 6.54 Å². The van der Waals surface area contributed by atoms with Crippen LogP contribution in [0.15, 0.2) is 48.5 Å². The van der Waals surface area contributed by atoms with Crippen molar-refractivity contribution in [2.75, 3.05) is 17.6 Å². The Labute approximate surface area is 155 Å². The lowest BCUT2D eigenvalue weighted by atomic mass is 9.84. The molecule has 0 aliphatic carbocycles. The number of urea groups is 1. The van der Waals surface area contributed by atoms with Crippen molar-refractivity contribution in [3.8, 4) is 0 Å². The van der Waals surface area contributed by atoms with Gasteiger partial charge in [0.25, 0.3) is 0 Å². The van der Waals surface area contributed by atoms with Crippen molar-refractivity contribution in [1.29, 1.82) is 0 Å². The van der Waals surface area contributed by atoms with Crippen LogP contribution in [0.4, 0.5) is 10.5 Å². The highest BCUT2D eigenvalue weighted by atomic mass is 32.2. The summed E-state index contributed by atoms with van der Waals surface area (Å²) in [5.41, 5.74) is 4.46. The molecule has 0 aliphatic heterocycles. The molecule has 4 heteroatoms. The first-order valence-electron chi connectivity index (χ1n) is 8.64. The van der Waals surface area contributed by atoms with Crippen LogP contribution in [0.25, 0.3) is 0 Å².